The maximum Gasteiger partial charge on any atom is 0.171 e. The van der Waals surface area contributed by atoms with Crippen molar-refractivity contribution in [1.82, 2.24) is 9.88 Å². The van der Waals surface area contributed by atoms with Gasteiger partial charge in [0, 0.05) is 24.0 Å². The van der Waals surface area contributed by atoms with E-state index in [9.17, 15) is 0 Å². The quantitative estimate of drug-likeness (QED) is 0.382. The predicted molar refractivity (Wildman–Crippen MR) is 128 cm³/mol. The number of methoxy groups -OCH3 is 1. The Kier molecular flexibility index (Phi) is 5.35. The smallest absolute Gasteiger partial charge is 0.171 e. The molecule has 1 aliphatic heterocycles. The molecule has 0 saturated carbocycles. The summed E-state index contributed by atoms with van der Waals surface area (Å²) in [6.45, 7) is 3.64. The van der Waals surface area contributed by atoms with Crippen molar-refractivity contribution >= 4 is 33.5 Å². The van der Waals surface area contributed by atoms with Crippen molar-refractivity contribution in [3.63, 3.8) is 0 Å². The van der Waals surface area contributed by atoms with Crippen LogP contribution in [-0.2, 0) is 13.1 Å². The van der Waals surface area contributed by atoms with Gasteiger partial charge in [-0.05, 0) is 66.7 Å². The van der Waals surface area contributed by atoms with Crippen LogP contribution in [0.5, 0.6) is 5.75 Å². The van der Waals surface area contributed by atoms with Crippen molar-refractivity contribution in [1.29, 1.82) is 0 Å². The topological polar surface area (TPSA) is 37.7 Å². The number of aliphatic imine (C=N–C) groups is 1. The SMILES string of the molecule is COc1cccc(CN2Cc3cc4cc(C)ccc4nc3SC2=Nc2ccccc2)c1. The number of para-hydroxylation sites is 1. The van der Waals surface area contributed by atoms with Gasteiger partial charge < -0.3 is 9.64 Å². The fourth-order valence-electron chi connectivity index (χ4n) is 3.77. The summed E-state index contributed by atoms with van der Waals surface area (Å²) in [5.41, 5.74) is 5.64. The van der Waals surface area contributed by atoms with Gasteiger partial charge in [0.1, 0.15) is 10.8 Å². The Morgan fingerprint density at radius 3 is 2.71 bits per heavy atom. The Hall–Kier alpha value is -3.31. The fourth-order valence-corrected chi connectivity index (χ4v) is 4.75. The molecule has 0 atom stereocenters. The van der Waals surface area contributed by atoms with Crippen LogP contribution in [0.2, 0.25) is 0 Å². The molecule has 4 nitrogen and oxygen atoms in total. The molecular formula is C26H23N3OS. The van der Waals surface area contributed by atoms with E-state index in [1.165, 1.54) is 22.1 Å². The zero-order chi connectivity index (χ0) is 21.2. The third-order valence-corrected chi connectivity index (χ3v) is 6.40. The number of nitrogens with zero attached hydrogens (tertiary/aromatic N) is 3. The zero-order valence-electron chi connectivity index (χ0n) is 17.6. The van der Waals surface area contributed by atoms with Gasteiger partial charge in [-0.25, -0.2) is 9.98 Å². The summed E-state index contributed by atoms with van der Waals surface area (Å²) in [6, 6.07) is 27.0. The summed E-state index contributed by atoms with van der Waals surface area (Å²) in [6.07, 6.45) is 0. The minimum atomic E-state index is 0.751. The van der Waals surface area contributed by atoms with Crippen LogP contribution in [0.3, 0.4) is 0 Å². The summed E-state index contributed by atoms with van der Waals surface area (Å²) >= 11 is 1.64. The van der Waals surface area contributed by atoms with Crippen LogP contribution in [-0.4, -0.2) is 22.2 Å². The zero-order valence-corrected chi connectivity index (χ0v) is 18.4. The minimum Gasteiger partial charge on any atom is -0.497 e. The molecule has 1 aliphatic rings. The standard InChI is InChI=1S/C26H23N3OS/c1-18-11-12-24-20(13-18)15-21-17-29(16-19-7-6-10-23(14-19)30-2)26(31-25(21)28-24)27-22-8-4-3-5-9-22/h3-15H,16-17H2,1-2H3. The second kappa shape index (κ2) is 8.44. The van der Waals surface area contributed by atoms with E-state index >= 15 is 0 Å². The number of amidine groups is 1. The molecule has 0 spiro atoms. The highest BCUT2D eigenvalue weighted by Gasteiger charge is 2.24. The van der Waals surface area contributed by atoms with Gasteiger partial charge in [-0.15, -0.1) is 0 Å². The number of aromatic nitrogens is 1. The number of rotatable bonds is 4. The number of hydrogen-bond donors (Lipinski definition) is 0. The van der Waals surface area contributed by atoms with Crippen LogP contribution in [0.15, 0.2) is 88.9 Å². The van der Waals surface area contributed by atoms with E-state index in [2.05, 4.69) is 48.2 Å². The Morgan fingerprint density at radius 1 is 1.00 bits per heavy atom. The fraction of sp³-hybridized carbons (Fsp3) is 0.154. The van der Waals surface area contributed by atoms with E-state index in [4.69, 9.17) is 14.7 Å². The summed E-state index contributed by atoms with van der Waals surface area (Å²) in [4.78, 5) is 12.2. The molecule has 2 heterocycles. The van der Waals surface area contributed by atoms with E-state index < -0.39 is 0 Å². The van der Waals surface area contributed by atoms with Gasteiger partial charge in [-0.3, -0.25) is 0 Å². The molecule has 0 fully saturated rings. The largest absolute Gasteiger partial charge is 0.497 e. The maximum atomic E-state index is 5.42. The Labute approximate surface area is 186 Å². The number of fused-ring (bicyclic) bond motifs is 2. The lowest BCUT2D eigenvalue weighted by atomic mass is 10.1. The first-order valence-electron chi connectivity index (χ1n) is 10.3. The Morgan fingerprint density at radius 2 is 1.87 bits per heavy atom. The van der Waals surface area contributed by atoms with Gasteiger partial charge in [0.25, 0.3) is 0 Å². The van der Waals surface area contributed by atoms with Gasteiger partial charge in [-0.2, -0.15) is 0 Å². The van der Waals surface area contributed by atoms with Gasteiger partial charge in [-0.1, -0.05) is 42.0 Å². The molecule has 0 N–H and O–H groups in total. The van der Waals surface area contributed by atoms with E-state index in [0.29, 0.717) is 0 Å². The third-order valence-electron chi connectivity index (χ3n) is 5.32. The molecule has 4 aromatic rings. The number of benzene rings is 3. The van der Waals surface area contributed by atoms with Gasteiger partial charge in [0.05, 0.1) is 18.3 Å². The Balaban J connectivity index is 1.55. The first-order valence-corrected chi connectivity index (χ1v) is 11.1. The number of hydrogen-bond acceptors (Lipinski definition) is 4. The van der Waals surface area contributed by atoms with E-state index in [1.807, 2.05) is 42.5 Å². The summed E-state index contributed by atoms with van der Waals surface area (Å²) in [5, 5.41) is 3.18. The van der Waals surface area contributed by atoms with Crippen molar-refractivity contribution in [3.8, 4) is 5.75 Å². The molecule has 0 bridgehead atoms. The first-order chi connectivity index (χ1) is 15.2. The van der Waals surface area contributed by atoms with Gasteiger partial charge in [0.2, 0.25) is 0 Å². The van der Waals surface area contributed by atoms with Crippen LogP contribution in [0.25, 0.3) is 10.9 Å². The van der Waals surface area contributed by atoms with Crippen molar-refractivity contribution in [2.75, 3.05) is 7.11 Å². The van der Waals surface area contributed by atoms with Crippen LogP contribution in [0.1, 0.15) is 16.7 Å². The molecule has 154 valence electrons. The molecule has 0 amide bonds. The van der Waals surface area contributed by atoms with Crippen LogP contribution in [0.4, 0.5) is 5.69 Å². The van der Waals surface area contributed by atoms with Crippen LogP contribution >= 0.6 is 11.8 Å². The lowest BCUT2D eigenvalue weighted by Crippen LogP contribution is -2.31. The summed E-state index contributed by atoms with van der Waals surface area (Å²) < 4.78 is 5.42. The highest BCUT2D eigenvalue weighted by atomic mass is 32.2. The minimum absolute atomic E-state index is 0.751. The molecular weight excluding hydrogens is 402 g/mol. The lowest BCUT2D eigenvalue weighted by Gasteiger charge is -2.31. The molecule has 0 radical (unpaired) electrons. The molecule has 0 saturated heterocycles. The second-order valence-electron chi connectivity index (χ2n) is 7.69. The number of aryl methyl sites for hydroxylation is 1. The van der Waals surface area contributed by atoms with E-state index in [-0.39, 0.29) is 0 Å². The summed E-state index contributed by atoms with van der Waals surface area (Å²) in [7, 11) is 1.70. The van der Waals surface area contributed by atoms with Crippen molar-refractivity contribution in [3.05, 3.63) is 95.6 Å². The molecule has 5 heteroatoms. The van der Waals surface area contributed by atoms with Crippen LogP contribution in [0, 0.1) is 6.92 Å². The first kappa shape index (κ1) is 19.6. The number of thioether (sulfide) groups is 1. The number of ether oxygens (including phenoxy) is 1. The molecule has 3 aromatic carbocycles. The van der Waals surface area contributed by atoms with Crippen molar-refractivity contribution in [2.45, 2.75) is 25.0 Å². The van der Waals surface area contributed by atoms with Crippen molar-refractivity contribution < 1.29 is 4.74 Å². The highest BCUT2D eigenvalue weighted by Crippen LogP contribution is 2.35. The third kappa shape index (κ3) is 4.28. The molecule has 0 unspecified atom stereocenters. The molecule has 1 aromatic heterocycles. The average Bonchev–Trinajstić information content (AvgIpc) is 2.79. The highest BCUT2D eigenvalue weighted by molar-refractivity contribution is 8.13. The van der Waals surface area contributed by atoms with E-state index in [1.54, 1.807) is 18.9 Å². The van der Waals surface area contributed by atoms with E-state index in [0.717, 1.165) is 40.2 Å². The lowest BCUT2D eigenvalue weighted by molar-refractivity contribution is 0.398. The predicted octanol–water partition coefficient (Wildman–Crippen LogP) is 6.35. The maximum absolute atomic E-state index is 5.42. The second-order valence-corrected chi connectivity index (χ2v) is 8.64. The van der Waals surface area contributed by atoms with Gasteiger partial charge >= 0.3 is 0 Å². The number of pyridine rings is 1. The Bertz CT molecular complexity index is 1270. The normalized spacial score (nSPS) is 14.6. The molecule has 0 aliphatic carbocycles. The molecule has 31 heavy (non-hydrogen) atoms. The monoisotopic (exact) mass is 425 g/mol. The average molecular weight is 426 g/mol. The van der Waals surface area contributed by atoms with Crippen molar-refractivity contribution in [2.24, 2.45) is 4.99 Å². The van der Waals surface area contributed by atoms with Crippen LogP contribution < -0.4 is 4.74 Å². The summed E-state index contributed by atoms with van der Waals surface area (Å²) in [5.74, 6) is 0.868. The molecule has 5 rings (SSSR count). The van der Waals surface area contributed by atoms with Gasteiger partial charge in [0.15, 0.2) is 5.17 Å².